The summed E-state index contributed by atoms with van der Waals surface area (Å²) < 4.78 is 19.3. The Morgan fingerprint density at radius 3 is 2.70 bits per heavy atom. The maximum Gasteiger partial charge on any atom is 0.257 e. The van der Waals surface area contributed by atoms with Crippen molar-refractivity contribution >= 4 is 5.91 Å². The number of carbonyl (C=O) groups excluding carboxylic acids is 1. The number of amides is 1. The van der Waals surface area contributed by atoms with Crippen LogP contribution >= 0.6 is 0 Å². The van der Waals surface area contributed by atoms with E-state index in [1.807, 2.05) is 4.90 Å². The third kappa shape index (κ3) is 3.07. The SMILES string of the molecule is CCN1CCC[C@@H]1[C@@H]1CCCN1C(=O)c1ccc(OC)cc1F. The van der Waals surface area contributed by atoms with Gasteiger partial charge in [0, 0.05) is 24.7 Å². The average Bonchev–Trinajstić information content (AvgIpc) is 3.21. The standard InChI is InChI=1S/C18H25FN2O2/c1-3-20-10-4-6-16(20)17-7-5-11-21(17)18(22)14-9-8-13(23-2)12-15(14)19/h8-9,12,16-17H,3-7,10-11H2,1-2H3/t16-,17+/m1/s1. The van der Waals surface area contributed by atoms with Crippen molar-refractivity contribution < 1.29 is 13.9 Å². The maximum atomic E-state index is 14.3. The molecule has 2 aliphatic heterocycles. The van der Waals surface area contributed by atoms with Crippen LogP contribution < -0.4 is 4.74 Å². The minimum absolute atomic E-state index is 0.152. The Morgan fingerprint density at radius 1 is 1.26 bits per heavy atom. The largest absolute Gasteiger partial charge is 0.497 e. The lowest BCUT2D eigenvalue weighted by molar-refractivity contribution is 0.0645. The van der Waals surface area contributed by atoms with Crippen molar-refractivity contribution in [2.45, 2.75) is 44.7 Å². The van der Waals surface area contributed by atoms with Gasteiger partial charge in [-0.3, -0.25) is 9.69 Å². The van der Waals surface area contributed by atoms with E-state index in [1.165, 1.54) is 25.7 Å². The van der Waals surface area contributed by atoms with Gasteiger partial charge in [-0.25, -0.2) is 4.39 Å². The van der Waals surface area contributed by atoms with Crippen LogP contribution in [-0.2, 0) is 0 Å². The number of nitrogens with zero attached hydrogens (tertiary/aromatic N) is 2. The fourth-order valence-corrected chi connectivity index (χ4v) is 4.08. The van der Waals surface area contributed by atoms with Crippen LogP contribution in [0.1, 0.15) is 43.0 Å². The molecule has 1 aromatic carbocycles. The molecule has 1 amide bonds. The third-order valence-corrected chi connectivity index (χ3v) is 5.23. The molecule has 23 heavy (non-hydrogen) atoms. The van der Waals surface area contributed by atoms with Crippen molar-refractivity contribution in [3.05, 3.63) is 29.6 Å². The lowest BCUT2D eigenvalue weighted by Crippen LogP contribution is -2.48. The summed E-state index contributed by atoms with van der Waals surface area (Å²) in [5, 5.41) is 0. The Morgan fingerprint density at radius 2 is 2.00 bits per heavy atom. The number of hydrogen-bond donors (Lipinski definition) is 0. The van der Waals surface area contributed by atoms with Crippen LogP contribution in [0.25, 0.3) is 0 Å². The summed E-state index contributed by atoms with van der Waals surface area (Å²) in [5.74, 6) is -0.251. The summed E-state index contributed by atoms with van der Waals surface area (Å²) >= 11 is 0. The van der Waals surface area contributed by atoms with Crippen LogP contribution in [0.5, 0.6) is 5.75 Å². The highest BCUT2D eigenvalue weighted by Gasteiger charge is 2.39. The molecule has 0 bridgehead atoms. The highest BCUT2D eigenvalue weighted by molar-refractivity contribution is 5.95. The van der Waals surface area contributed by atoms with Gasteiger partial charge in [-0.05, 0) is 50.9 Å². The summed E-state index contributed by atoms with van der Waals surface area (Å²) in [5.41, 5.74) is 0.152. The van der Waals surface area contributed by atoms with E-state index in [9.17, 15) is 9.18 Å². The molecule has 0 N–H and O–H groups in total. The first-order valence-electron chi connectivity index (χ1n) is 8.54. The second kappa shape index (κ2) is 6.87. The minimum atomic E-state index is -0.501. The summed E-state index contributed by atoms with van der Waals surface area (Å²) in [7, 11) is 1.49. The number of halogens is 1. The van der Waals surface area contributed by atoms with Crippen LogP contribution in [0.3, 0.4) is 0 Å². The Kier molecular flexibility index (Phi) is 4.85. The van der Waals surface area contributed by atoms with Gasteiger partial charge in [0.2, 0.25) is 0 Å². The molecule has 1 aromatic rings. The zero-order valence-electron chi connectivity index (χ0n) is 13.9. The predicted octanol–water partition coefficient (Wildman–Crippen LogP) is 2.92. The lowest BCUT2D eigenvalue weighted by Gasteiger charge is -2.34. The molecule has 0 unspecified atom stereocenters. The van der Waals surface area contributed by atoms with Crippen LogP contribution in [0.4, 0.5) is 4.39 Å². The smallest absolute Gasteiger partial charge is 0.257 e. The predicted molar refractivity (Wildman–Crippen MR) is 87.3 cm³/mol. The van der Waals surface area contributed by atoms with Gasteiger partial charge in [-0.1, -0.05) is 6.92 Å². The van der Waals surface area contributed by atoms with Crippen molar-refractivity contribution in [3.63, 3.8) is 0 Å². The van der Waals surface area contributed by atoms with Gasteiger partial charge in [-0.15, -0.1) is 0 Å². The minimum Gasteiger partial charge on any atom is -0.497 e. The monoisotopic (exact) mass is 320 g/mol. The first-order chi connectivity index (χ1) is 11.2. The second-order valence-corrected chi connectivity index (χ2v) is 6.39. The van der Waals surface area contributed by atoms with E-state index in [2.05, 4.69) is 11.8 Å². The highest BCUT2D eigenvalue weighted by Crippen LogP contribution is 2.31. The Hall–Kier alpha value is -1.62. The van der Waals surface area contributed by atoms with E-state index >= 15 is 0 Å². The molecular weight excluding hydrogens is 295 g/mol. The van der Waals surface area contributed by atoms with Crippen LogP contribution in [0.15, 0.2) is 18.2 Å². The molecule has 2 saturated heterocycles. The molecule has 0 saturated carbocycles. The van der Waals surface area contributed by atoms with E-state index in [1.54, 1.807) is 6.07 Å². The third-order valence-electron chi connectivity index (χ3n) is 5.23. The topological polar surface area (TPSA) is 32.8 Å². The number of benzene rings is 1. The van der Waals surface area contributed by atoms with Crippen molar-refractivity contribution in [1.82, 2.24) is 9.80 Å². The van der Waals surface area contributed by atoms with E-state index < -0.39 is 5.82 Å². The molecule has 0 radical (unpaired) electrons. The first-order valence-corrected chi connectivity index (χ1v) is 8.54. The Labute approximate surface area is 137 Å². The van der Waals surface area contributed by atoms with Gasteiger partial charge in [0.25, 0.3) is 5.91 Å². The van der Waals surface area contributed by atoms with Gasteiger partial charge in [-0.2, -0.15) is 0 Å². The Balaban J connectivity index is 1.81. The number of methoxy groups -OCH3 is 1. The molecule has 3 rings (SSSR count). The maximum absolute atomic E-state index is 14.3. The van der Waals surface area contributed by atoms with Crippen molar-refractivity contribution in [3.8, 4) is 5.75 Å². The van der Waals surface area contributed by atoms with Crippen molar-refractivity contribution in [2.24, 2.45) is 0 Å². The molecule has 2 aliphatic rings. The number of rotatable bonds is 4. The molecule has 0 spiro atoms. The highest BCUT2D eigenvalue weighted by atomic mass is 19.1. The first kappa shape index (κ1) is 16.2. The Bertz CT molecular complexity index is 578. The fraction of sp³-hybridized carbons (Fsp3) is 0.611. The number of hydrogen-bond acceptors (Lipinski definition) is 3. The molecule has 0 aromatic heterocycles. The summed E-state index contributed by atoms with van der Waals surface area (Å²) in [4.78, 5) is 17.2. The number of ether oxygens (including phenoxy) is 1. The molecule has 2 atom stereocenters. The van der Waals surface area contributed by atoms with Crippen LogP contribution in [0, 0.1) is 5.82 Å². The van der Waals surface area contributed by atoms with Gasteiger partial charge >= 0.3 is 0 Å². The molecule has 4 nitrogen and oxygen atoms in total. The fourth-order valence-electron chi connectivity index (χ4n) is 4.08. The molecule has 2 heterocycles. The van der Waals surface area contributed by atoms with Gasteiger partial charge < -0.3 is 9.64 Å². The van der Waals surface area contributed by atoms with Gasteiger partial charge in [0.1, 0.15) is 11.6 Å². The zero-order chi connectivity index (χ0) is 16.4. The molecule has 5 heteroatoms. The van der Waals surface area contributed by atoms with Crippen LogP contribution in [-0.4, -0.2) is 54.5 Å². The van der Waals surface area contributed by atoms with Crippen molar-refractivity contribution in [1.29, 1.82) is 0 Å². The number of carbonyl (C=O) groups is 1. The van der Waals surface area contributed by atoms with Gasteiger partial charge in [0.15, 0.2) is 0 Å². The summed E-state index contributed by atoms with van der Waals surface area (Å²) in [6, 6.07) is 5.11. The van der Waals surface area contributed by atoms with E-state index in [0.29, 0.717) is 11.8 Å². The van der Waals surface area contributed by atoms with Gasteiger partial charge in [0.05, 0.1) is 12.7 Å². The van der Waals surface area contributed by atoms with E-state index in [-0.39, 0.29) is 17.5 Å². The zero-order valence-corrected chi connectivity index (χ0v) is 13.9. The van der Waals surface area contributed by atoms with E-state index in [0.717, 1.165) is 38.9 Å². The number of likely N-dealkylation sites (tertiary alicyclic amines) is 2. The summed E-state index contributed by atoms with van der Waals surface area (Å²) in [6.07, 6.45) is 4.34. The second-order valence-electron chi connectivity index (χ2n) is 6.39. The molecular formula is C18H25FN2O2. The molecule has 2 fully saturated rings. The number of likely N-dealkylation sites (N-methyl/N-ethyl adjacent to an activating group) is 1. The molecule has 126 valence electrons. The normalized spacial score (nSPS) is 25.1. The summed E-state index contributed by atoms with van der Waals surface area (Å²) in [6.45, 7) is 5.02. The quantitative estimate of drug-likeness (QED) is 0.855. The van der Waals surface area contributed by atoms with E-state index in [4.69, 9.17) is 4.74 Å². The van der Waals surface area contributed by atoms with Crippen molar-refractivity contribution in [2.75, 3.05) is 26.7 Å². The molecule has 0 aliphatic carbocycles. The lowest BCUT2D eigenvalue weighted by atomic mass is 10.0. The average molecular weight is 320 g/mol. The van der Waals surface area contributed by atoms with Crippen LogP contribution in [0.2, 0.25) is 0 Å².